The largest absolute Gasteiger partial charge is 0.489 e. The van der Waals surface area contributed by atoms with E-state index in [4.69, 9.17) is 4.74 Å². The molecular formula is C23H15FN2OS. The van der Waals surface area contributed by atoms with Crippen molar-refractivity contribution >= 4 is 33.2 Å². The molecule has 0 unspecified atom stereocenters. The SMILES string of the molecule is N#C/C(=C/c1ccc(OCc2ccc(F)cc2)cc1)c1nc2ccccc2s1. The molecule has 0 aliphatic rings. The van der Waals surface area contributed by atoms with Crippen LogP contribution in [0.2, 0.25) is 0 Å². The van der Waals surface area contributed by atoms with E-state index < -0.39 is 0 Å². The molecule has 0 fully saturated rings. The Balaban J connectivity index is 1.49. The Morgan fingerprint density at radius 3 is 2.50 bits per heavy atom. The second-order valence-electron chi connectivity index (χ2n) is 6.14. The molecular weight excluding hydrogens is 371 g/mol. The molecule has 0 aliphatic heterocycles. The van der Waals surface area contributed by atoms with Gasteiger partial charge in [0.2, 0.25) is 0 Å². The van der Waals surface area contributed by atoms with Crippen molar-refractivity contribution in [1.82, 2.24) is 4.98 Å². The summed E-state index contributed by atoms with van der Waals surface area (Å²) in [6, 6.07) is 23.8. The average Bonchev–Trinajstić information content (AvgIpc) is 3.16. The third-order valence-electron chi connectivity index (χ3n) is 4.15. The van der Waals surface area contributed by atoms with Crippen LogP contribution in [-0.4, -0.2) is 4.98 Å². The highest BCUT2D eigenvalue weighted by molar-refractivity contribution is 7.19. The van der Waals surface area contributed by atoms with Crippen LogP contribution < -0.4 is 4.74 Å². The maximum Gasteiger partial charge on any atom is 0.135 e. The molecule has 0 N–H and O–H groups in total. The van der Waals surface area contributed by atoms with E-state index in [1.807, 2.05) is 54.6 Å². The number of nitrogens with zero attached hydrogens (tertiary/aromatic N) is 2. The van der Waals surface area contributed by atoms with Gasteiger partial charge < -0.3 is 4.74 Å². The van der Waals surface area contributed by atoms with E-state index in [0.29, 0.717) is 22.9 Å². The number of thiazole rings is 1. The summed E-state index contributed by atoms with van der Waals surface area (Å²) in [5.74, 6) is 0.446. The molecule has 136 valence electrons. The maximum atomic E-state index is 12.9. The van der Waals surface area contributed by atoms with Crippen molar-refractivity contribution in [2.24, 2.45) is 0 Å². The number of para-hydroxylation sites is 1. The van der Waals surface area contributed by atoms with Crippen LogP contribution in [0.4, 0.5) is 4.39 Å². The Labute approximate surface area is 166 Å². The van der Waals surface area contributed by atoms with Gasteiger partial charge in [-0.05, 0) is 53.6 Å². The smallest absolute Gasteiger partial charge is 0.135 e. The number of nitriles is 1. The quantitative estimate of drug-likeness (QED) is 0.391. The number of halogens is 1. The molecule has 0 saturated heterocycles. The topological polar surface area (TPSA) is 45.9 Å². The number of aromatic nitrogens is 1. The Kier molecular flexibility index (Phi) is 5.14. The summed E-state index contributed by atoms with van der Waals surface area (Å²) in [6.45, 7) is 0.366. The van der Waals surface area contributed by atoms with E-state index in [0.717, 1.165) is 21.3 Å². The minimum atomic E-state index is -0.263. The summed E-state index contributed by atoms with van der Waals surface area (Å²) >= 11 is 1.51. The summed E-state index contributed by atoms with van der Waals surface area (Å²) in [5, 5.41) is 10.3. The highest BCUT2D eigenvalue weighted by Gasteiger charge is 2.08. The van der Waals surface area contributed by atoms with E-state index >= 15 is 0 Å². The van der Waals surface area contributed by atoms with E-state index in [2.05, 4.69) is 11.1 Å². The average molecular weight is 386 g/mol. The van der Waals surface area contributed by atoms with Crippen LogP contribution in [0.3, 0.4) is 0 Å². The van der Waals surface area contributed by atoms with Gasteiger partial charge in [0.15, 0.2) is 0 Å². The van der Waals surface area contributed by atoms with Gasteiger partial charge in [-0.25, -0.2) is 9.37 Å². The second kappa shape index (κ2) is 8.03. The summed E-state index contributed by atoms with van der Waals surface area (Å²) in [4.78, 5) is 4.54. The predicted octanol–water partition coefficient (Wildman–Crippen LogP) is 6.08. The van der Waals surface area contributed by atoms with Crippen molar-refractivity contribution in [3.63, 3.8) is 0 Å². The molecule has 0 spiro atoms. The molecule has 1 heterocycles. The first kappa shape index (κ1) is 17.9. The lowest BCUT2D eigenvalue weighted by molar-refractivity contribution is 0.306. The van der Waals surface area contributed by atoms with E-state index in [1.54, 1.807) is 12.1 Å². The molecule has 0 bridgehead atoms. The molecule has 0 radical (unpaired) electrons. The lowest BCUT2D eigenvalue weighted by Gasteiger charge is -2.06. The van der Waals surface area contributed by atoms with Crippen LogP contribution >= 0.6 is 11.3 Å². The Bertz CT molecular complexity index is 1140. The maximum absolute atomic E-state index is 12.9. The van der Waals surface area contributed by atoms with Gasteiger partial charge in [-0.3, -0.25) is 0 Å². The van der Waals surface area contributed by atoms with Crippen molar-refractivity contribution in [2.75, 3.05) is 0 Å². The van der Waals surface area contributed by atoms with Crippen LogP contribution in [0.5, 0.6) is 5.75 Å². The molecule has 5 heteroatoms. The zero-order valence-electron chi connectivity index (χ0n) is 14.8. The molecule has 0 saturated carbocycles. The fourth-order valence-corrected chi connectivity index (χ4v) is 3.64. The van der Waals surface area contributed by atoms with Gasteiger partial charge in [0.25, 0.3) is 0 Å². The van der Waals surface area contributed by atoms with Gasteiger partial charge in [0.05, 0.1) is 15.8 Å². The molecule has 0 atom stereocenters. The number of allylic oxidation sites excluding steroid dienone is 1. The third-order valence-corrected chi connectivity index (χ3v) is 5.22. The van der Waals surface area contributed by atoms with Crippen molar-refractivity contribution in [2.45, 2.75) is 6.61 Å². The van der Waals surface area contributed by atoms with Gasteiger partial charge in [0.1, 0.15) is 29.3 Å². The van der Waals surface area contributed by atoms with E-state index in [-0.39, 0.29) is 5.82 Å². The first-order chi connectivity index (χ1) is 13.7. The van der Waals surface area contributed by atoms with Crippen LogP contribution in [0.1, 0.15) is 16.1 Å². The number of hydrogen-bond acceptors (Lipinski definition) is 4. The Morgan fingerprint density at radius 2 is 1.79 bits per heavy atom. The lowest BCUT2D eigenvalue weighted by Crippen LogP contribution is -1.95. The number of rotatable bonds is 5. The number of hydrogen-bond donors (Lipinski definition) is 0. The molecule has 1 aromatic heterocycles. The van der Waals surface area contributed by atoms with Crippen LogP contribution in [0.15, 0.2) is 72.8 Å². The van der Waals surface area contributed by atoms with Gasteiger partial charge in [-0.2, -0.15) is 5.26 Å². The van der Waals surface area contributed by atoms with Gasteiger partial charge in [-0.1, -0.05) is 36.4 Å². The molecule has 3 nitrogen and oxygen atoms in total. The van der Waals surface area contributed by atoms with Crippen LogP contribution in [-0.2, 0) is 6.61 Å². The van der Waals surface area contributed by atoms with Gasteiger partial charge in [-0.15, -0.1) is 11.3 Å². The standard InChI is InChI=1S/C23H15FN2OS/c24-19-9-5-17(6-10-19)15-27-20-11-7-16(8-12-20)13-18(14-25)23-26-21-3-1-2-4-22(21)28-23/h1-13H,15H2/b18-13-. The van der Waals surface area contributed by atoms with Gasteiger partial charge in [0, 0.05) is 0 Å². The molecule has 3 aromatic carbocycles. The molecule has 0 aliphatic carbocycles. The minimum Gasteiger partial charge on any atom is -0.489 e. The first-order valence-corrected chi connectivity index (χ1v) is 9.48. The van der Waals surface area contributed by atoms with E-state index in [1.165, 1.54) is 23.5 Å². The second-order valence-corrected chi connectivity index (χ2v) is 7.17. The van der Waals surface area contributed by atoms with Crippen molar-refractivity contribution in [3.8, 4) is 11.8 Å². The predicted molar refractivity (Wildman–Crippen MR) is 110 cm³/mol. The third kappa shape index (κ3) is 4.08. The number of fused-ring (bicyclic) bond motifs is 1. The summed E-state index contributed by atoms with van der Waals surface area (Å²) in [7, 11) is 0. The summed E-state index contributed by atoms with van der Waals surface area (Å²) in [5.41, 5.74) is 3.22. The normalized spacial score (nSPS) is 11.4. The fraction of sp³-hybridized carbons (Fsp3) is 0.0435. The molecule has 4 rings (SSSR count). The molecule has 28 heavy (non-hydrogen) atoms. The minimum absolute atomic E-state index is 0.263. The zero-order chi connectivity index (χ0) is 19.3. The first-order valence-electron chi connectivity index (χ1n) is 8.66. The highest BCUT2D eigenvalue weighted by Crippen LogP contribution is 2.28. The van der Waals surface area contributed by atoms with Crippen LogP contribution in [0.25, 0.3) is 21.9 Å². The summed E-state index contributed by atoms with van der Waals surface area (Å²) < 4.78 is 19.7. The fourth-order valence-electron chi connectivity index (χ4n) is 2.70. The molecule has 4 aromatic rings. The van der Waals surface area contributed by atoms with Crippen LogP contribution in [0, 0.1) is 17.1 Å². The van der Waals surface area contributed by atoms with Gasteiger partial charge >= 0.3 is 0 Å². The Morgan fingerprint density at radius 1 is 1.04 bits per heavy atom. The van der Waals surface area contributed by atoms with Crippen molar-refractivity contribution in [3.05, 3.63) is 94.7 Å². The monoisotopic (exact) mass is 386 g/mol. The molecule has 0 amide bonds. The highest BCUT2D eigenvalue weighted by atomic mass is 32.1. The number of benzene rings is 3. The Hall–Kier alpha value is -3.49. The summed E-state index contributed by atoms with van der Waals surface area (Å²) in [6.07, 6.45) is 1.82. The number of ether oxygens (including phenoxy) is 1. The lowest BCUT2D eigenvalue weighted by atomic mass is 10.1. The van der Waals surface area contributed by atoms with Crippen molar-refractivity contribution < 1.29 is 9.13 Å². The van der Waals surface area contributed by atoms with Crippen molar-refractivity contribution in [1.29, 1.82) is 5.26 Å². The zero-order valence-corrected chi connectivity index (χ0v) is 15.6. The van der Waals surface area contributed by atoms with E-state index in [9.17, 15) is 9.65 Å².